The number of nitrogens with one attached hydrogen (secondary N) is 1. The van der Waals surface area contributed by atoms with Crippen molar-refractivity contribution in [2.24, 2.45) is 5.92 Å². The molecule has 1 N–H and O–H groups in total. The van der Waals surface area contributed by atoms with Crippen LogP contribution in [0.3, 0.4) is 0 Å². The van der Waals surface area contributed by atoms with Crippen LogP contribution in [0, 0.1) is 12.8 Å². The van der Waals surface area contributed by atoms with Crippen LogP contribution in [-0.4, -0.2) is 58.3 Å². The molecule has 1 aliphatic heterocycles. The first-order chi connectivity index (χ1) is 14.3. The summed E-state index contributed by atoms with van der Waals surface area (Å²) in [7, 11) is 1.43. The molecule has 0 spiro atoms. The lowest BCUT2D eigenvalue weighted by molar-refractivity contribution is 0.0747. The number of aryl methyl sites for hydroxylation is 1. The number of hydrogen-bond acceptors (Lipinski definition) is 7. The summed E-state index contributed by atoms with van der Waals surface area (Å²) in [5, 5.41) is 10.2. The summed E-state index contributed by atoms with van der Waals surface area (Å²) in [6, 6.07) is 1.32. The van der Waals surface area contributed by atoms with Gasteiger partial charge in [-0.15, -0.1) is 0 Å². The van der Waals surface area contributed by atoms with Crippen molar-refractivity contribution in [3.8, 4) is 5.75 Å². The predicted octanol–water partition coefficient (Wildman–Crippen LogP) is 1.02. The minimum absolute atomic E-state index is 0.150. The smallest absolute Gasteiger partial charge is 0.278 e. The largest absolute Gasteiger partial charge is 0.496 e. The average molecular weight is 417 g/mol. The monoisotopic (exact) mass is 417 g/mol. The maximum absolute atomic E-state index is 12.9. The van der Waals surface area contributed by atoms with E-state index in [0.717, 1.165) is 6.42 Å². The number of ether oxygens (including phenoxy) is 1. The zero-order valence-electron chi connectivity index (χ0n) is 17.7. The van der Waals surface area contributed by atoms with Crippen molar-refractivity contribution in [1.29, 1.82) is 0 Å². The Labute approximate surface area is 174 Å². The van der Waals surface area contributed by atoms with Crippen LogP contribution in [0.1, 0.15) is 52.5 Å². The summed E-state index contributed by atoms with van der Waals surface area (Å²) in [5.74, 6) is 0.0958. The minimum atomic E-state index is -0.315. The Hall–Kier alpha value is -3.17. The molecule has 3 heterocycles. The second-order valence-corrected chi connectivity index (χ2v) is 7.70. The van der Waals surface area contributed by atoms with Gasteiger partial charge in [-0.2, -0.15) is 0 Å². The van der Waals surface area contributed by atoms with Gasteiger partial charge in [0.15, 0.2) is 5.69 Å². The topological polar surface area (TPSA) is 120 Å². The van der Waals surface area contributed by atoms with E-state index in [4.69, 9.17) is 4.74 Å². The van der Waals surface area contributed by atoms with E-state index in [-0.39, 0.29) is 35.4 Å². The van der Waals surface area contributed by atoms with Crippen LogP contribution in [0.2, 0.25) is 0 Å². The molecule has 0 bridgehead atoms. The second kappa shape index (κ2) is 9.10. The van der Waals surface area contributed by atoms with Gasteiger partial charge in [-0.05, 0) is 24.4 Å². The van der Waals surface area contributed by atoms with Crippen molar-refractivity contribution in [3.05, 3.63) is 39.1 Å². The molecule has 10 heteroatoms. The number of aromatic nitrogens is 3. The van der Waals surface area contributed by atoms with Crippen molar-refractivity contribution in [3.63, 3.8) is 0 Å². The molecule has 2 amide bonds. The summed E-state index contributed by atoms with van der Waals surface area (Å²) in [6.07, 6.45) is 1.17. The van der Waals surface area contributed by atoms with Crippen molar-refractivity contribution < 1.29 is 19.0 Å². The van der Waals surface area contributed by atoms with Crippen LogP contribution >= 0.6 is 0 Å². The number of amides is 2. The second-order valence-electron chi connectivity index (χ2n) is 7.70. The third kappa shape index (κ3) is 4.37. The molecule has 0 unspecified atom stereocenters. The molecule has 2 aromatic heterocycles. The molecular formula is C20H27N5O5. The third-order valence-electron chi connectivity index (χ3n) is 5.19. The van der Waals surface area contributed by atoms with Crippen LogP contribution in [0.15, 0.2) is 15.5 Å². The van der Waals surface area contributed by atoms with Gasteiger partial charge in [0.25, 0.3) is 17.4 Å². The lowest BCUT2D eigenvalue weighted by Gasteiger charge is -2.18. The highest BCUT2D eigenvalue weighted by molar-refractivity contribution is 5.98. The van der Waals surface area contributed by atoms with E-state index < -0.39 is 0 Å². The molecule has 0 fully saturated rings. The maximum Gasteiger partial charge on any atom is 0.278 e. The molecule has 1 aliphatic rings. The van der Waals surface area contributed by atoms with E-state index >= 15 is 0 Å². The van der Waals surface area contributed by atoms with E-state index in [1.165, 1.54) is 13.2 Å². The minimum Gasteiger partial charge on any atom is -0.496 e. The number of carbonyl (C=O) groups is 2. The van der Waals surface area contributed by atoms with Crippen molar-refractivity contribution >= 4 is 11.8 Å². The van der Waals surface area contributed by atoms with Crippen LogP contribution < -0.4 is 15.6 Å². The van der Waals surface area contributed by atoms with Crippen molar-refractivity contribution in [1.82, 2.24) is 25.1 Å². The van der Waals surface area contributed by atoms with E-state index in [0.29, 0.717) is 48.9 Å². The van der Waals surface area contributed by atoms with Gasteiger partial charge in [0, 0.05) is 44.4 Å². The van der Waals surface area contributed by atoms with Gasteiger partial charge in [0.05, 0.1) is 7.11 Å². The molecule has 0 saturated carbocycles. The number of rotatable bonds is 6. The Balaban J connectivity index is 1.89. The normalized spacial score (nSPS) is 13.7. The summed E-state index contributed by atoms with van der Waals surface area (Å²) in [5.41, 5.74) is 1.19. The number of hydrogen-bond donors (Lipinski definition) is 1. The standard InChI is InChI=1S/C20H27N5O5/c1-12(2)5-7-21-19(27)17-14-6-8-24(20(28)18-13(3)22-30-23-18)9-10-25(14)16(26)11-15(17)29-4/h11-12H,5-10H2,1-4H3,(H,21,27). The Bertz CT molecular complexity index is 994. The molecule has 0 aliphatic carbocycles. The lowest BCUT2D eigenvalue weighted by Crippen LogP contribution is -2.34. The molecule has 0 saturated heterocycles. The summed E-state index contributed by atoms with van der Waals surface area (Å²) in [4.78, 5) is 40.0. The molecule has 2 aromatic rings. The predicted molar refractivity (Wildman–Crippen MR) is 108 cm³/mol. The molecule has 162 valence electrons. The molecule has 10 nitrogen and oxygen atoms in total. The summed E-state index contributed by atoms with van der Waals surface area (Å²) in [6.45, 7) is 7.23. The first-order valence-corrected chi connectivity index (χ1v) is 10.0. The van der Waals surface area contributed by atoms with Gasteiger partial charge in [-0.25, -0.2) is 4.63 Å². The molecule has 0 atom stereocenters. The van der Waals surface area contributed by atoms with E-state index in [1.54, 1.807) is 16.4 Å². The van der Waals surface area contributed by atoms with Crippen LogP contribution in [0.5, 0.6) is 5.75 Å². The van der Waals surface area contributed by atoms with Gasteiger partial charge in [0.1, 0.15) is 17.0 Å². The van der Waals surface area contributed by atoms with Crippen molar-refractivity contribution in [2.45, 2.75) is 40.2 Å². The van der Waals surface area contributed by atoms with E-state index in [9.17, 15) is 14.4 Å². The number of nitrogens with zero attached hydrogens (tertiary/aromatic N) is 4. The summed E-state index contributed by atoms with van der Waals surface area (Å²) >= 11 is 0. The third-order valence-corrected chi connectivity index (χ3v) is 5.19. The highest BCUT2D eigenvalue weighted by Gasteiger charge is 2.28. The van der Waals surface area contributed by atoms with Crippen LogP contribution in [-0.2, 0) is 13.0 Å². The Morgan fingerprint density at radius 3 is 2.67 bits per heavy atom. The number of pyridine rings is 1. The number of methoxy groups -OCH3 is 1. The van der Waals surface area contributed by atoms with Crippen molar-refractivity contribution in [2.75, 3.05) is 26.7 Å². The Morgan fingerprint density at radius 2 is 2.03 bits per heavy atom. The first-order valence-electron chi connectivity index (χ1n) is 10.0. The SMILES string of the molecule is COc1cc(=O)n2c(c1C(=O)NCCC(C)C)CCN(C(=O)c1nonc1C)CC2. The Morgan fingerprint density at radius 1 is 1.27 bits per heavy atom. The molecule has 3 rings (SSSR count). The quantitative estimate of drug-likeness (QED) is 0.745. The maximum atomic E-state index is 12.9. The van der Waals surface area contributed by atoms with Gasteiger partial charge in [-0.3, -0.25) is 14.4 Å². The van der Waals surface area contributed by atoms with Gasteiger partial charge < -0.3 is 19.5 Å². The average Bonchev–Trinajstić information content (AvgIpc) is 3.00. The molecular weight excluding hydrogens is 390 g/mol. The molecule has 0 aromatic carbocycles. The molecule has 0 radical (unpaired) electrons. The number of fused-ring (bicyclic) bond motifs is 1. The zero-order valence-corrected chi connectivity index (χ0v) is 17.7. The fourth-order valence-corrected chi connectivity index (χ4v) is 3.50. The fraction of sp³-hybridized carbons (Fsp3) is 0.550. The van der Waals surface area contributed by atoms with Gasteiger partial charge in [-0.1, -0.05) is 19.0 Å². The molecule has 30 heavy (non-hydrogen) atoms. The van der Waals surface area contributed by atoms with E-state index in [2.05, 4.69) is 34.1 Å². The van der Waals surface area contributed by atoms with Crippen LogP contribution in [0.25, 0.3) is 0 Å². The van der Waals surface area contributed by atoms with Gasteiger partial charge in [0.2, 0.25) is 0 Å². The van der Waals surface area contributed by atoms with E-state index in [1.807, 2.05) is 0 Å². The highest BCUT2D eigenvalue weighted by Crippen LogP contribution is 2.23. The highest BCUT2D eigenvalue weighted by atomic mass is 16.6. The van der Waals surface area contributed by atoms with Crippen LogP contribution in [0.4, 0.5) is 0 Å². The van der Waals surface area contributed by atoms with Gasteiger partial charge >= 0.3 is 0 Å². The number of carbonyl (C=O) groups excluding carboxylic acids is 2. The fourth-order valence-electron chi connectivity index (χ4n) is 3.50. The lowest BCUT2D eigenvalue weighted by atomic mass is 10.1. The summed E-state index contributed by atoms with van der Waals surface area (Å²) < 4.78 is 11.5. The first kappa shape index (κ1) is 21.5. The zero-order chi connectivity index (χ0) is 21.8. The Kier molecular flexibility index (Phi) is 6.53.